The lowest BCUT2D eigenvalue weighted by atomic mass is 9.99. The fourth-order valence-electron chi connectivity index (χ4n) is 0.751. The second-order valence-electron chi connectivity index (χ2n) is 3.38. The summed E-state index contributed by atoms with van der Waals surface area (Å²) in [5, 5.41) is 9.44. The molecule has 0 aliphatic carbocycles. The van der Waals surface area contributed by atoms with Gasteiger partial charge in [0.25, 0.3) is 0 Å². The number of rotatable bonds is 2. The van der Waals surface area contributed by atoms with Crippen LogP contribution in [0.4, 0.5) is 0 Å². The lowest BCUT2D eigenvalue weighted by molar-refractivity contribution is 0.338. The van der Waals surface area contributed by atoms with Crippen LogP contribution in [0.3, 0.4) is 0 Å². The normalized spacial score (nSPS) is 14.3. The lowest BCUT2D eigenvalue weighted by Crippen LogP contribution is -2.01. The first-order valence-corrected chi connectivity index (χ1v) is 3.86. The summed E-state index contributed by atoms with van der Waals surface area (Å²) in [6.45, 7) is 10.2. The van der Waals surface area contributed by atoms with Crippen molar-refractivity contribution in [2.45, 2.75) is 34.6 Å². The van der Waals surface area contributed by atoms with E-state index in [-0.39, 0.29) is 5.92 Å². The summed E-state index contributed by atoms with van der Waals surface area (Å²) in [6.07, 6.45) is 0. The predicted octanol–water partition coefficient (Wildman–Crippen LogP) is 3.13. The SMILES string of the molecule is C/C(=C(\O)C(C)C)C(C)C. The minimum Gasteiger partial charge on any atom is -0.512 e. The molecule has 60 valence electrons. The second-order valence-corrected chi connectivity index (χ2v) is 3.38. The quantitative estimate of drug-likeness (QED) is 0.587. The monoisotopic (exact) mass is 142 g/mol. The number of hydrogen-bond donors (Lipinski definition) is 1. The largest absolute Gasteiger partial charge is 0.512 e. The molecule has 1 N–H and O–H groups in total. The minimum atomic E-state index is 0.266. The van der Waals surface area contributed by atoms with Crippen molar-refractivity contribution in [3.05, 3.63) is 11.3 Å². The van der Waals surface area contributed by atoms with Crippen LogP contribution in [-0.2, 0) is 0 Å². The fraction of sp³-hybridized carbons (Fsp3) is 0.778. The van der Waals surface area contributed by atoms with Crippen molar-refractivity contribution in [3.8, 4) is 0 Å². The number of hydrogen-bond acceptors (Lipinski definition) is 1. The summed E-state index contributed by atoms with van der Waals surface area (Å²) in [6, 6.07) is 0. The molecule has 0 aliphatic rings. The zero-order chi connectivity index (χ0) is 8.31. The molecule has 0 unspecified atom stereocenters. The molecule has 0 atom stereocenters. The smallest absolute Gasteiger partial charge is 0.0939 e. The maximum absolute atomic E-state index is 9.44. The van der Waals surface area contributed by atoms with E-state index in [2.05, 4.69) is 13.8 Å². The molecule has 0 bridgehead atoms. The van der Waals surface area contributed by atoms with Crippen molar-refractivity contribution >= 4 is 0 Å². The van der Waals surface area contributed by atoms with Gasteiger partial charge in [-0.1, -0.05) is 27.7 Å². The van der Waals surface area contributed by atoms with Crippen molar-refractivity contribution in [3.63, 3.8) is 0 Å². The highest BCUT2D eigenvalue weighted by molar-refractivity contribution is 5.08. The van der Waals surface area contributed by atoms with Crippen molar-refractivity contribution in [2.24, 2.45) is 11.8 Å². The molecule has 0 aromatic heterocycles. The van der Waals surface area contributed by atoms with Gasteiger partial charge in [0.2, 0.25) is 0 Å². The van der Waals surface area contributed by atoms with E-state index in [1.54, 1.807) is 0 Å². The third-order valence-electron chi connectivity index (χ3n) is 1.82. The molecule has 1 heteroatoms. The zero-order valence-corrected chi connectivity index (χ0v) is 7.60. The second kappa shape index (κ2) is 3.65. The molecule has 0 rings (SSSR count). The Bertz CT molecular complexity index is 116. The van der Waals surface area contributed by atoms with E-state index >= 15 is 0 Å². The molecule has 10 heavy (non-hydrogen) atoms. The Morgan fingerprint density at radius 1 is 1.00 bits per heavy atom. The van der Waals surface area contributed by atoms with Crippen LogP contribution in [0.1, 0.15) is 34.6 Å². The molecule has 0 spiro atoms. The third-order valence-corrected chi connectivity index (χ3v) is 1.82. The summed E-state index contributed by atoms with van der Waals surface area (Å²) >= 11 is 0. The Balaban J connectivity index is 4.34. The topological polar surface area (TPSA) is 20.2 Å². The van der Waals surface area contributed by atoms with Gasteiger partial charge in [0.1, 0.15) is 0 Å². The third kappa shape index (κ3) is 2.42. The van der Waals surface area contributed by atoms with E-state index in [1.807, 2.05) is 20.8 Å². The predicted molar refractivity (Wildman–Crippen MR) is 45.0 cm³/mol. The van der Waals surface area contributed by atoms with Crippen LogP contribution in [0.15, 0.2) is 11.3 Å². The van der Waals surface area contributed by atoms with Gasteiger partial charge in [-0.15, -0.1) is 0 Å². The Hall–Kier alpha value is -0.460. The van der Waals surface area contributed by atoms with Gasteiger partial charge in [0.05, 0.1) is 5.76 Å². The first-order chi connectivity index (χ1) is 4.46. The maximum atomic E-state index is 9.44. The average Bonchev–Trinajstić information content (AvgIpc) is 1.84. The van der Waals surface area contributed by atoms with Gasteiger partial charge < -0.3 is 5.11 Å². The average molecular weight is 142 g/mol. The summed E-state index contributed by atoms with van der Waals surface area (Å²) in [7, 11) is 0. The van der Waals surface area contributed by atoms with Crippen molar-refractivity contribution in [1.82, 2.24) is 0 Å². The van der Waals surface area contributed by atoms with Crippen LogP contribution in [0.25, 0.3) is 0 Å². The van der Waals surface area contributed by atoms with Crippen molar-refractivity contribution < 1.29 is 5.11 Å². The fourth-order valence-corrected chi connectivity index (χ4v) is 0.751. The molecular formula is C9H18O. The van der Waals surface area contributed by atoms with Gasteiger partial charge >= 0.3 is 0 Å². The van der Waals surface area contributed by atoms with E-state index in [0.717, 1.165) is 5.57 Å². The Morgan fingerprint density at radius 2 is 1.40 bits per heavy atom. The molecule has 0 saturated carbocycles. The van der Waals surface area contributed by atoms with Crippen molar-refractivity contribution in [1.29, 1.82) is 0 Å². The highest BCUT2D eigenvalue weighted by Gasteiger charge is 2.07. The van der Waals surface area contributed by atoms with Gasteiger partial charge in [0, 0.05) is 5.92 Å². The lowest BCUT2D eigenvalue weighted by Gasteiger charge is -2.11. The molecular weight excluding hydrogens is 124 g/mol. The van der Waals surface area contributed by atoms with Crippen molar-refractivity contribution in [2.75, 3.05) is 0 Å². The summed E-state index contributed by atoms with van der Waals surface area (Å²) in [5.41, 5.74) is 1.11. The van der Waals surface area contributed by atoms with Crippen LogP contribution in [0.5, 0.6) is 0 Å². The van der Waals surface area contributed by atoms with E-state index in [9.17, 15) is 5.11 Å². The highest BCUT2D eigenvalue weighted by Crippen LogP contribution is 2.17. The van der Waals surface area contributed by atoms with Gasteiger partial charge in [0.15, 0.2) is 0 Å². The molecule has 0 heterocycles. The molecule has 0 saturated heterocycles. The molecule has 0 aromatic carbocycles. The van der Waals surface area contributed by atoms with Crippen LogP contribution in [-0.4, -0.2) is 5.11 Å². The van der Waals surface area contributed by atoms with Gasteiger partial charge in [-0.05, 0) is 18.4 Å². The highest BCUT2D eigenvalue weighted by atomic mass is 16.3. The summed E-state index contributed by atoms with van der Waals surface area (Å²) in [5.74, 6) is 1.28. The van der Waals surface area contributed by atoms with Crippen LogP contribution in [0.2, 0.25) is 0 Å². The summed E-state index contributed by atoms with van der Waals surface area (Å²) < 4.78 is 0. The van der Waals surface area contributed by atoms with Crippen LogP contribution < -0.4 is 0 Å². The molecule has 0 amide bonds. The Kier molecular flexibility index (Phi) is 3.48. The van der Waals surface area contributed by atoms with Gasteiger partial charge in [-0.25, -0.2) is 0 Å². The Labute approximate surface area is 63.8 Å². The summed E-state index contributed by atoms with van der Waals surface area (Å²) in [4.78, 5) is 0. The first-order valence-electron chi connectivity index (χ1n) is 3.86. The number of allylic oxidation sites excluding steroid dienone is 2. The standard InChI is InChI=1S/C9H18O/c1-6(2)8(5)9(10)7(3)4/h6-7,10H,1-5H3/b9-8+. The number of aliphatic hydroxyl groups excluding tert-OH is 1. The van der Waals surface area contributed by atoms with E-state index < -0.39 is 0 Å². The van der Waals surface area contributed by atoms with E-state index in [0.29, 0.717) is 11.7 Å². The molecule has 0 aromatic rings. The minimum absolute atomic E-state index is 0.266. The van der Waals surface area contributed by atoms with Gasteiger partial charge in [-0.2, -0.15) is 0 Å². The molecule has 0 radical (unpaired) electrons. The number of aliphatic hydroxyl groups is 1. The molecule has 0 fully saturated rings. The van der Waals surface area contributed by atoms with E-state index in [1.165, 1.54) is 0 Å². The van der Waals surface area contributed by atoms with E-state index in [4.69, 9.17) is 0 Å². The maximum Gasteiger partial charge on any atom is 0.0939 e. The van der Waals surface area contributed by atoms with Crippen LogP contribution >= 0.6 is 0 Å². The van der Waals surface area contributed by atoms with Crippen LogP contribution in [0, 0.1) is 11.8 Å². The van der Waals surface area contributed by atoms with Gasteiger partial charge in [-0.3, -0.25) is 0 Å². The zero-order valence-electron chi connectivity index (χ0n) is 7.60. The molecule has 1 nitrogen and oxygen atoms in total. The Morgan fingerprint density at radius 3 is 1.50 bits per heavy atom. The molecule has 0 aliphatic heterocycles. The first kappa shape index (κ1) is 9.54.